The van der Waals surface area contributed by atoms with Crippen LogP contribution < -0.4 is 4.74 Å². The minimum Gasteiger partial charge on any atom is -0.507 e. The van der Waals surface area contributed by atoms with Gasteiger partial charge in [0, 0.05) is 5.56 Å². The first-order chi connectivity index (χ1) is 13.4. The van der Waals surface area contributed by atoms with Crippen LogP contribution in [0.1, 0.15) is 50.3 Å². The van der Waals surface area contributed by atoms with Gasteiger partial charge in [0.05, 0.1) is 7.11 Å². The quantitative estimate of drug-likeness (QED) is 0.406. The van der Waals surface area contributed by atoms with Gasteiger partial charge in [-0.15, -0.1) is 0 Å². The molecule has 28 heavy (non-hydrogen) atoms. The molecular formula is C25H30O3. The molecule has 0 spiro atoms. The van der Waals surface area contributed by atoms with Gasteiger partial charge in [-0.2, -0.15) is 0 Å². The van der Waals surface area contributed by atoms with Crippen molar-refractivity contribution in [2.75, 3.05) is 7.11 Å². The van der Waals surface area contributed by atoms with Crippen molar-refractivity contribution in [3.8, 4) is 17.2 Å². The number of benzene rings is 2. The number of hydrogen-bond acceptors (Lipinski definition) is 3. The third kappa shape index (κ3) is 6.66. The SMILES string of the molecule is COc1ccc(/C=C/c2cc(O)c(C/C=C(\C)CCC=C(C)C)c(O)c2)cc1. The summed E-state index contributed by atoms with van der Waals surface area (Å²) in [6.07, 6.45) is 10.6. The van der Waals surface area contributed by atoms with E-state index in [0.29, 0.717) is 12.0 Å². The second-order valence-corrected chi connectivity index (χ2v) is 7.22. The fourth-order valence-electron chi connectivity index (χ4n) is 2.84. The van der Waals surface area contributed by atoms with Crippen molar-refractivity contribution in [2.24, 2.45) is 0 Å². The molecule has 3 heteroatoms. The molecule has 0 saturated carbocycles. The molecule has 0 heterocycles. The van der Waals surface area contributed by atoms with Gasteiger partial charge in [-0.3, -0.25) is 0 Å². The zero-order chi connectivity index (χ0) is 20.5. The van der Waals surface area contributed by atoms with Crippen LogP contribution in [0.4, 0.5) is 0 Å². The number of phenols is 2. The van der Waals surface area contributed by atoms with E-state index in [1.54, 1.807) is 19.2 Å². The van der Waals surface area contributed by atoms with E-state index in [9.17, 15) is 10.2 Å². The lowest BCUT2D eigenvalue weighted by molar-refractivity contribution is 0.415. The van der Waals surface area contributed by atoms with Gasteiger partial charge in [-0.1, -0.05) is 47.6 Å². The molecule has 0 radical (unpaired) electrons. The maximum absolute atomic E-state index is 10.4. The zero-order valence-corrected chi connectivity index (χ0v) is 17.2. The van der Waals surface area contributed by atoms with E-state index >= 15 is 0 Å². The molecular weight excluding hydrogens is 348 g/mol. The molecule has 0 bridgehead atoms. The first-order valence-electron chi connectivity index (χ1n) is 9.55. The first-order valence-corrected chi connectivity index (χ1v) is 9.55. The molecule has 3 nitrogen and oxygen atoms in total. The van der Waals surface area contributed by atoms with Crippen LogP contribution in [-0.4, -0.2) is 17.3 Å². The van der Waals surface area contributed by atoms with Crippen molar-refractivity contribution in [1.29, 1.82) is 0 Å². The summed E-state index contributed by atoms with van der Waals surface area (Å²) in [4.78, 5) is 0. The van der Waals surface area contributed by atoms with Gasteiger partial charge in [-0.25, -0.2) is 0 Å². The zero-order valence-electron chi connectivity index (χ0n) is 17.2. The van der Waals surface area contributed by atoms with Gasteiger partial charge in [0.2, 0.25) is 0 Å². The summed E-state index contributed by atoms with van der Waals surface area (Å²) in [5, 5.41) is 20.7. The Morgan fingerprint density at radius 2 is 1.50 bits per heavy atom. The van der Waals surface area contributed by atoms with Crippen molar-refractivity contribution in [3.63, 3.8) is 0 Å². The van der Waals surface area contributed by atoms with E-state index < -0.39 is 0 Å². The summed E-state index contributed by atoms with van der Waals surface area (Å²) in [6.45, 7) is 6.28. The number of rotatable bonds is 8. The number of hydrogen-bond donors (Lipinski definition) is 2. The number of phenolic OH excluding ortho intramolecular Hbond substituents is 2. The highest BCUT2D eigenvalue weighted by atomic mass is 16.5. The van der Waals surface area contributed by atoms with Gasteiger partial charge in [-0.05, 0) is 75.4 Å². The summed E-state index contributed by atoms with van der Waals surface area (Å²) in [6, 6.07) is 11.1. The summed E-state index contributed by atoms with van der Waals surface area (Å²) < 4.78 is 5.15. The van der Waals surface area contributed by atoms with E-state index in [1.807, 2.05) is 36.4 Å². The van der Waals surface area contributed by atoms with Gasteiger partial charge in [0.25, 0.3) is 0 Å². The highest BCUT2D eigenvalue weighted by Gasteiger charge is 2.08. The number of methoxy groups -OCH3 is 1. The van der Waals surface area contributed by atoms with E-state index in [-0.39, 0.29) is 11.5 Å². The average molecular weight is 379 g/mol. The van der Waals surface area contributed by atoms with E-state index in [2.05, 4.69) is 32.9 Å². The largest absolute Gasteiger partial charge is 0.507 e. The Kier molecular flexibility index (Phi) is 7.94. The minimum atomic E-state index is 0.114. The van der Waals surface area contributed by atoms with E-state index in [0.717, 1.165) is 29.7 Å². The molecule has 0 atom stereocenters. The van der Waals surface area contributed by atoms with Crippen LogP contribution in [0.2, 0.25) is 0 Å². The Morgan fingerprint density at radius 1 is 0.893 bits per heavy atom. The van der Waals surface area contributed by atoms with E-state index in [4.69, 9.17) is 4.74 Å². The molecule has 0 unspecified atom stereocenters. The molecule has 0 aliphatic carbocycles. The lowest BCUT2D eigenvalue weighted by atomic mass is 10.0. The Labute approximate surface area is 168 Å². The molecule has 0 amide bonds. The molecule has 148 valence electrons. The maximum Gasteiger partial charge on any atom is 0.123 e. The van der Waals surface area contributed by atoms with Crippen LogP contribution in [0.25, 0.3) is 12.2 Å². The van der Waals surface area contributed by atoms with Crippen molar-refractivity contribution < 1.29 is 14.9 Å². The highest BCUT2D eigenvalue weighted by molar-refractivity contribution is 5.72. The van der Waals surface area contributed by atoms with Crippen LogP contribution in [-0.2, 0) is 6.42 Å². The molecule has 2 rings (SSSR count). The lowest BCUT2D eigenvalue weighted by Gasteiger charge is -2.08. The summed E-state index contributed by atoms with van der Waals surface area (Å²) in [5.74, 6) is 1.03. The topological polar surface area (TPSA) is 49.7 Å². The number of aromatic hydroxyl groups is 2. The monoisotopic (exact) mass is 378 g/mol. The Bertz CT molecular complexity index is 844. The predicted octanol–water partition coefficient (Wildman–Crippen LogP) is 6.51. The number of allylic oxidation sites excluding steroid dienone is 4. The Hall–Kier alpha value is -2.94. The van der Waals surface area contributed by atoms with Crippen molar-refractivity contribution >= 4 is 12.2 Å². The molecule has 0 aliphatic heterocycles. The summed E-state index contributed by atoms with van der Waals surface area (Å²) in [5.41, 5.74) is 4.89. The Morgan fingerprint density at radius 3 is 2.07 bits per heavy atom. The first kappa shape index (κ1) is 21.4. The van der Waals surface area contributed by atoms with Gasteiger partial charge < -0.3 is 14.9 Å². The summed E-state index contributed by atoms with van der Waals surface area (Å²) >= 11 is 0. The average Bonchev–Trinajstić information content (AvgIpc) is 2.65. The number of ether oxygens (including phenoxy) is 1. The van der Waals surface area contributed by atoms with Gasteiger partial charge >= 0.3 is 0 Å². The predicted molar refractivity (Wildman–Crippen MR) is 118 cm³/mol. The van der Waals surface area contributed by atoms with Crippen LogP contribution in [0.5, 0.6) is 17.2 Å². The van der Waals surface area contributed by atoms with Crippen molar-refractivity contribution in [2.45, 2.75) is 40.0 Å². The fraction of sp³-hybridized carbons (Fsp3) is 0.280. The maximum atomic E-state index is 10.4. The van der Waals surface area contributed by atoms with Gasteiger partial charge in [0.1, 0.15) is 17.2 Å². The van der Waals surface area contributed by atoms with Crippen LogP contribution in [0.15, 0.2) is 59.7 Å². The standard InChI is InChI=1S/C25H30O3/c1-18(2)6-5-7-19(3)8-15-23-24(26)16-21(17-25(23)27)10-9-20-11-13-22(28-4)14-12-20/h6,8-14,16-17,26-27H,5,7,15H2,1-4H3/b10-9+,19-8+. The van der Waals surface area contributed by atoms with Crippen molar-refractivity contribution in [1.82, 2.24) is 0 Å². The van der Waals surface area contributed by atoms with Crippen LogP contribution in [0.3, 0.4) is 0 Å². The molecule has 0 aromatic heterocycles. The van der Waals surface area contributed by atoms with Crippen LogP contribution >= 0.6 is 0 Å². The Balaban J connectivity index is 2.07. The lowest BCUT2D eigenvalue weighted by Crippen LogP contribution is -1.88. The van der Waals surface area contributed by atoms with Crippen LogP contribution in [0, 0.1) is 0 Å². The summed E-state index contributed by atoms with van der Waals surface area (Å²) in [7, 11) is 1.64. The minimum absolute atomic E-state index is 0.114. The molecule has 0 fully saturated rings. The molecule has 2 aromatic carbocycles. The van der Waals surface area contributed by atoms with Gasteiger partial charge in [0.15, 0.2) is 0 Å². The second-order valence-electron chi connectivity index (χ2n) is 7.22. The van der Waals surface area contributed by atoms with Crippen molar-refractivity contribution in [3.05, 3.63) is 76.4 Å². The molecule has 2 aromatic rings. The smallest absolute Gasteiger partial charge is 0.123 e. The second kappa shape index (κ2) is 10.4. The fourth-order valence-corrected chi connectivity index (χ4v) is 2.84. The van der Waals surface area contributed by atoms with E-state index in [1.165, 1.54) is 11.1 Å². The highest BCUT2D eigenvalue weighted by Crippen LogP contribution is 2.31. The molecule has 0 saturated heterocycles. The molecule has 2 N–H and O–H groups in total. The third-order valence-corrected chi connectivity index (χ3v) is 4.56. The normalized spacial score (nSPS) is 11.6. The molecule has 0 aliphatic rings. The third-order valence-electron chi connectivity index (χ3n) is 4.56.